The highest BCUT2D eigenvalue weighted by Gasteiger charge is 2.24. The van der Waals surface area contributed by atoms with Gasteiger partial charge in [-0.1, -0.05) is 53.2 Å². The number of aliphatic hydroxyl groups excluding tert-OH is 1. The molecule has 1 amide bonds. The van der Waals surface area contributed by atoms with Crippen LogP contribution in [0.15, 0.2) is 35.7 Å². The second kappa shape index (κ2) is 19.5. The lowest BCUT2D eigenvalue weighted by atomic mass is 10.1. The molecule has 39 heavy (non-hydrogen) atoms. The average molecular weight is 546 g/mol. The number of aromatic nitrogens is 1. The van der Waals surface area contributed by atoms with Gasteiger partial charge in [0.15, 0.2) is 11.6 Å². The van der Waals surface area contributed by atoms with Crippen LogP contribution in [-0.2, 0) is 0 Å². The molecule has 1 atom stereocenters. The SMILES string of the molecule is CC.CCCNC(=O)c1cnc(N2CCN(C(C)CCN(CCC)C/C(=C/C=C(/O)CC)CC)CC2)c(O)c1. The van der Waals surface area contributed by atoms with Crippen LogP contribution < -0.4 is 10.2 Å². The molecule has 0 spiro atoms. The Bertz CT molecular complexity index is 894. The Morgan fingerprint density at radius 2 is 1.77 bits per heavy atom. The number of hydrogen-bond donors (Lipinski definition) is 3. The summed E-state index contributed by atoms with van der Waals surface area (Å²) in [5, 5.41) is 23.1. The molecule has 2 rings (SSSR count). The van der Waals surface area contributed by atoms with E-state index in [2.05, 4.69) is 51.8 Å². The summed E-state index contributed by atoms with van der Waals surface area (Å²) in [6.45, 7) is 21.7. The van der Waals surface area contributed by atoms with E-state index in [0.717, 1.165) is 71.5 Å². The number of piperazine rings is 1. The van der Waals surface area contributed by atoms with Gasteiger partial charge in [0.05, 0.1) is 11.3 Å². The van der Waals surface area contributed by atoms with Gasteiger partial charge in [-0.3, -0.25) is 14.6 Å². The van der Waals surface area contributed by atoms with Gasteiger partial charge in [-0.25, -0.2) is 4.98 Å². The monoisotopic (exact) mass is 545 g/mol. The number of nitrogens with zero attached hydrogens (tertiary/aromatic N) is 4. The number of nitrogens with one attached hydrogen (secondary N) is 1. The van der Waals surface area contributed by atoms with Crippen LogP contribution >= 0.6 is 0 Å². The molecule has 0 aliphatic carbocycles. The van der Waals surface area contributed by atoms with Gasteiger partial charge in [-0.15, -0.1) is 0 Å². The molecule has 8 heteroatoms. The van der Waals surface area contributed by atoms with Gasteiger partial charge >= 0.3 is 0 Å². The van der Waals surface area contributed by atoms with Crippen LogP contribution in [0.3, 0.4) is 0 Å². The minimum atomic E-state index is -0.205. The van der Waals surface area contributed by atoms with Crippen LogP contribution in [-0.4, -0.2) is 89.3 Å². The van der Waals surface area contributed by atoms with Crippen LogP contribution in [0, 0.1) is 0 Å². The second-order valence-corrected chi connectivity index (χ2v) is 9.95. The van der Waals surface area contributed by atoms with Crippen molar-refractivity contribution in [3.63, 3.8) is 0 Å². The number of anilines is 1. The average Bonchev–Trinajstić information content (AvgIpc) is 2.97. The second-order valence-electron chi connectivity index (χ2n) is 9.95. The molecule has 1 fully saturated rings. The molecule has 1 saturated heterocycles. The van der Waals surface area contributed by atoms with Gasteiger partial charge in [0.25, 0.3) is 5.91 Å². The molecular weight excluding hydrogens is 490 g/mol. The van der Waals surface area contributed by atoms with Crippen LogP contribution in [0.5, 0.6) is 5.75 Å². The topological polar surface area (TPSA) is 92.2 Å². The molecule has 222 valence electrons. The van der Waals surface area contributed by atoms with Crippen molar-refractivity contribution in [2.45, 2.75) is 86.6 Å². The first-order valence-electron chi connectivity index (χ1n) is 15.1. The van der Waals surface area contributed by atoms with Gasteiger partial charge in [-0.2, -0.15) is 0 Å². The fourth-order valence-electron chi connectivity index (χ4n) is 4.57. The van der Waals surface area contributed by atoms with Crippen LogP contribution in [0.2, 0.25) is 0 Å². The zero-order chi connectivity index (χ0) is 29.2. The standard InChI is InChI=1S/C29H49N5O3.C2H6/c1-6-13-30-29(37)25-20-27(36)28(31-21-25)34-18-16-33(17-19-34)23(5)12-15-32(14-7-2)22-24(8-3)10-11-26(35)9-4;1-2/h10-11,20-21,23,35-36H,6-9,12-19,22H2,1-5H3,(H,30,37);1-2H3/b24-10+,26-11+;. The zero-order valence-electron chi connectivity index (χ0n) is 25.7. The molecule has 0 saturated carbocycles. The molecular formula is C31H55N5O3. The Labute approximate surface area is 237 Å². The van der Waals surface area contributed by atoms with Crippen molar-refractivity contribution in [1.82, 2.24) is 20.1 Å². The number of carbonyl (C=O) groups excluding carboxylic acids is 1. The van der Waals surface area contributed by atoms with E-state index in [0.29, 0.717) is 36.1 Å². The van der Waals surface area contributed by atoms with Gasteiger partial charge in [0.1, 0.15) is 0 Å². The van der Waals surface area contributed by atoms with E-state index in [-0.39, 0.29) is 11.7 Å². The molecule has 0 radical (unpaired) electrons. The summed E-state index contributed by atoms with van der Waals surface area (Å²) in [6.07, 6.45) is 10.2. The van der Waals surface area contributed by atoms with E-state index in [4.69, 9.17) is 0 Å². The normalized spacial score (nSPS) is 15.6. The number of aromatic hydroxyl groups is 1. The first-order chi connectivity index (χ1) is 18.8. The lowest BCUT2D eigenvalue weighted by Crippen LogP contribution is -2.50. The van der Waals surface area contributed by atoms with E-state index < -0.39 is 0 Å². The van der Waals surface area contributed by atoms with Crippen molar-refractivity contribution >= 4 is 11.7 Å². The van der Waals surface area contributed by atoms with Crippen LogP contribution in [0.25, 0.3) is 0 Å². The molecule has 1 aromatic rings. The van der Waals surface area contributed by atoms with Crippen molar-refractivity contribution in [2.75, 3.05) is 57.3 Å². The Morgan fingerprint density at radius 1 is 1.08 bits per heavy atom. The number of amides is 1. The third-order valence-corrected chi connectivity index (χ3v) is 7.04. The van der Waals surface area contributed by atoms with Gasteiger partial charge in [0, 0.05) is 57.9 Å². The van der Waals surface area contributed by atoms with Crippen molar-refractivity contribution in [3.05, 3.63) is 41.3 Å². The number of pyridine rings is 1. The van der Waals surface area contributed by atoms with Gasteiger partial charge in [0.2, 0.25) is 0 Å². The number of aliphatic hydroxyl groups is 1. The Hall–Kier alpha value is -2.58. The number of allylic oxidation sites excluding steroid dienone is 3. The third kappa shape index (κ3) is 12.0. The smallest absolute Gasteiger partial charge is 0.252 e. The molecule has 1 aliphatic heterocycles. The maximum atomic E-state index is 12.2. The highest BCUT2D eigenvalue weighted by molar-refractivity contribution is 5.94. The largest absolute Gasteiger partial charge is 0.512 e. The highest BCUT2D eigenvalue weighted by Crippen LogP contribution is 2.27. The van der Waals surface area contributed by atoms with Crippen molar-refractivity contribution in [3.8, 4) is 5.75 Å². The lowest BCUT2D eigenvalue weighted by Gasteiger charge is -2.39. The fraction of sp³-hybridized carbons (Fsp3) is 0.677. The number of rotatable bonds is 15. The molecule has 8 nitrogen and oxygen atoms in total. The van der Waals surface area contributed by atoms with Gasteiger partial charge < -0.3 is 20.4 Å². The minimum Gasteiger partial charge on any atom is -0.512 e. The summed E-state index contributed by atoms with van der Waals surface area (Å²) >= 11 is 0. The van der Waals surface area contributed by atoms with E-state index in [1.807, 2.05) is 33.8 Å². The summed E-state index contributed by atoms with van der Waals surface area (Å²) in [4.78, 5) is 23.7. The Morgan fingerprint density at radius 3 is 2.33 bits per heavy atom. The Balaban J connectivity index is 0.00000371. The van der Waals surface area contributed by atoms with E-state index in [9.17, 15) is 15.0 Å². The Kier molecular flexibility index (Phi) is 17.2. The maximum Gasteiger partial charge on any atom is 0.252 e. The van der Waals surface area contributed by atoms with Crippen molar-refractivity contribution in [1.29, 1.82) is 0 Å². The number of carbonyl (C=O) groups is 1. The molecule has 0 bridgehead atoms. The van der Waals surface area contributed by atoms with Crippen LogP contribution in [0.4, 0.5) is 5.82 Å². The highest BCUT2D eigenvalue weighted by atomic mass is 16.3. The van der Waals surface area contributed by atoms with Crippen molar-refractivity contribution < 1.29 is 15.0 Å². The minimum absolute atomic E-state index is 0.0581. The summed E-state index contributed by atoms with van der Waals surface area (Å²) in [5.74, 6) is 0.833. The molecule has 2 heterocycles. The third-order valence-electron chi connectivity index (χ3n) is 7.04. The lowest BCUT2D eigenvalue weighted by molar-refractivity contribution is 0.0953. The van der Waals surface area contributed by atoms with Crippen LogP contribution in [0.1, 0.15) is 90.9 Å². The molecule has 3 N–H and O–H groups in total. The predicted molar refractivity (Wildman–Crippen MR) is 164 cm³/mol. The summed E-state index contributed by atoms with van der Waals surface area (Å²) in [7, 11) is 0. The predicted octanol–water partition coefficient (Wildman–Crippen LogP) is 5.75. The fourth-order valence-corrected chi connectivity index (χ4v) is 4.57. The first-order valence-corrected chi connectivity index (χ1v) is 15.1. The quantitative estimate of drug-likeness (QED) is 0.191. The maximum absolute atomic E-state index is 12.2. The summed E-state index contributed by atoms with van der Waals surface area (Å²) in [5.41, 5.74) is 1.73. The van der Waals surface area contributed by atoms with Crippen molar-refractivity contribution in [2.24, 2.45) is 0 Å². The molecule has 1 aromatic heterocycles. The summed E-state index contributed by atoms with van der Waals surface area (Å²) < 4.78 is 0. The van der Waals surface area contributed by atoms with Gasteiger partial charge in [-0.05, 0) is 57.8 Å². The molecule has 0 aromatic carbocycles. The first kappa shape index (κ1) is 34.4. The molecule has 1 unspecified atom stereocenters. The van der Waals surface area contributed by atoms with E-state index in [1.54, 1.807) is 6.20 Å². The van der Waals surface area contributed by atoms with E-state index in [1.165, 1.54) is 11.6 Å². The molecule has 1 aliphatic rings. The zero-order valence-corrected chi connectivity index (χ0v) is 25.7. The number of hydrogen-bond acceptors (Lipinski definition) is 7. The summed E-state index contributed by atoms with van der Waals surface area (Å²) in [6, 6.07) is 1.98. The van der Waals surface area contributed by atoms with E-state index >= 15 is 0 Å².